The first-order valence-electron chi connectivity index (χ1n) is 11.6. The first kappa shape index (κ1) is 21.3. The molecule has 33 heavy (non-hydrogen) atoms. The second-order valence-corrected chi connectivity index (χ2v) is 8.64. The fourth-order valence-corrected chi connectivity index (χ4v) is 5.03. The van der Waals surface area contributed by atoms with E-state index in [2.05, 4.69) is 52.3 Å². The molecule has 0 saturated carbocycles. The molecule has 4 aromatic rings. The summed E-state index contributed by atoms with van der Waals surface area (Å²) in [7, 11) is 1.70. The van der Waals surface area contributed by atoms with Gasteiger partial charge >= 0.3 is 0 Å². The van der Waals surface area contributed by atoms with Crippen molar-refractivity contribution >= 4 is 22.5 Å². The average Bonchev–Trinajstić information content (AvgIpc) is 3.23. The maximum absolute atomic E-state index is 9.94. The number of ether oxygens (including phenoxy) is 1. The van der Waals surface area contributed by atoms with E-state index in [1.54, 1.807) is 7.11 Å². The van der Waals surface area contributed by atoms with E-state index in [1.807, 2.05) is 30.3 Å². The van der Waals surface area contributed by atoms with Gasteiger partial charge in [-0.05, 0) is 54.3 Å². The number of imidazole rings is 1. The Morgan fingerprint density at radius 2 is 1.76 bits per heavy atom. The zero-order valence-corrected chi connectivity index (χ0v) is 19.5. The van der Waals surface area contributed by atoms with Gasteiger partial charge in [0.05, 0.1) is 23.7 Å². The molecule has 1 aliphatic heterocycles. The fraction of sp³-hybridized carbons (Fsp3) is 0.333. The minimum atomic E-state index is 0.685. The monoisotopic (exact) mass is 439 g/mol. The number of hydrogen-bond donors (Lipinski definition) is 0. The third kappa shape index (κ3) is 3.69. The maximum atomic E-state index is 9.94. The molecule has 0 spiro atoms. The largest absolute Gasteiger partial charge is 0.497 e. The Hall–Kier alpha value is -3.56. The smallest absolute Gasteiger partial charge is 0.157 e. The molecule has 2 aromatic heterocycles. The van der Waals surface area contributed by atoms with Gasteiger partial charge in [0.2, 0.25) is 0 Å². The zero-order chi connectivity index (χ0) is 22.9. The molecule has 6 heteroatoms. The van der Waals surface area contributed by atoms with Gasteiger partial charge in [0.1, 0.15) is 17.6 Å². The first-order valence-corrected chi connectivity index (χ1v) is 11.6. The topological polar surface area (TPSA) is 56.8 Å². The van der Waals surface area contributed by atoms with Crippen molar-refractivity contribution in [3.63, 3.8) is 0 Å². The van der Waals surface area contributed by atoms with E-state index in [0.29, 0.717) is 5.56 Å². The van der Waals surface area contributed by atoms with Crippen LogP contribution in [0.4, 0.5) is 5.82 Å². The van der Waals surface area contributed by atoms with E-state index in [4.69, 9.17) is 9.72 Å². The second-order valence-electron chi connectivity index (χ2n) is 8.64. The van der Waals surface area contributed by atoms with Crippen LogP contribution >= 0.6 is 0 Å². The number of nitriles is 1. The lowest BCUT2D eigenvalue weighted by Crippen LogP contribution is -2.47. The SMILES string of the molecule is CCc1c(C)c(C#N)c2nc3ccccc3n2c1N1CCN(Cc2ccc(OC)cc2)CC1. The summed E-state index contributed by atoms with van der Waals surface area (Å²) in [5.74, 6) is 2.09. The van der Waals surface area contributed by atoms with E-state index in [9.17, 15) is 5.26 Å². The molecule has 2 aromatic carbocycles. The second kappa shape index (κ2) is 8.76. The number of piperazine rings is 1. The average molecular weight is 440 g/mol. The molecule has 1 saturated heterocycles. The highest BCUT2D eigenvalue weighted by atomic mass is 16.5. The molecule has 0 amide bonds. The first-order chi connectivity index (χ1) is 16.1. The third-order valence-corrected chi connectivity index (χ3v) is 6.80. The van der Waals surface area contributed by atoms with Crippen LogP contribution in [0.3, 0.4) is 0 Å². The van der Waals surface area contributed by atoms with Crippen LogP contribution in [0.2, 0.25) is 0 Å². The number of fused-ring (bicyclic) bond motifs is 3. The Kier molecular flexibility index (Phi) is 5.65. The predicted octanol–water partition coefficient (Wildman–Crippen LogP) is 4.56. The Morgan fingerprint density at radius 3 is 2.42 bits per heavy atom. The van der Waals surface area contributed by atoms with Crippen LogP contribution in [0.1, 0.15) is 29.2 Å². The summed E-state index contributed by atoms with van der Waals surface area (Å²) in [5.41, 5.74) is 7.05. The van der Waals surface area contributed by atoms with Crippen LogP contribution in [0, 0.1) is 18.3 Å². The number of aromatic nitrogens is 2. The molecule has 0 N–H and O–H groups in total. The molecule has 0 atom stereocenters. The van der Waals surface area contributed by atoms with Gasteiger partial charge in [-0.15, -0.1) is 0 Å². The quantitative estimate of drug-likeness (QED) is 0.456. The van der Waals surface area contributed by atoms with Gasteiger partial charge in [-0.1, -0.05) is 31.2 Å². The van der Waals surface area contributed by atoms with Crippen LogP contribution in [0.25, 0.3) is 16.7 Å². The van der Waals surface area contributed by atoms with Gasteiger partial charge in [0, 0.05) is 32.7 Å². The van der Waals surface area contributed by atoms with Gasteiger partial charge in [-0.2, -0.15) is 5.26 Å². The van der Waals surface area contributed by atoms with Gasteiger partial charge in [-0.25, -0.2) is 4.98 Å². The Bertz CT molecular complexity index is 1340. The van der Waals surface area contributed by atoms with Crippen molar-refractivity contribution in [3.05, 3.63) is 70.8 Å². The van der Waals surface area contributed by atoms with Crippen LogP contribution in [0.5, 0.6) is 5.75 Å². The maximum Gasteiger partial charge on any atom is 0.157 e. The molecule has 1 fully saturated rings. The summed E-state index contributed by atoms with van der Waals surface area (Å²) in [6.07, 6.45) is 0.879. The van der Waals surface area contributed by atoms with E-state index in [0.717, 1.165) is 67.1 Å². The molecule has 0 aliphatic carbocycles. The summed E-state index contributed by atoms with van der Waals surface area (Å²) in [6, 6.07) is 19.0. The summed E-state index contributed by atoms with van der Waals surface area (Å²) in [5, 5.41) is 9.94. The Morgan fingerprint density at radius 1 is 1.03 bits per heavy atom. The molecular formula is C27H29N5O. The summed E-state index contributed by atoms with van der Waals surface area (Å²) < 4.78 is 7.50. The summed E-state index contributed by atoms with van der Waals surface area (Å²) in [6.45, 7) is 9.04. The Balaban J connectivity index is 1.49. The highest BCUT2D eigenvalue weighted by molar-refractivity contribution is 5.86. The lowest BCUT2D eigenvalue weighted by Gasteiger charge is -2.37. The fourth-order valence-electron chi connectivity index (χ4n) is 5.03. The van der Waals surface area contributed by atoms with Crippen molar-refractivity contribution in [3.8, 4) is 11.8 Å². The van der Waals surface area contributed by atoms with Gasteiger partial charge in [0.25, 0.3) is 0 Å². The molecule has 0 radical (unpaired) electrons. The highest BCUT2D eigenvalue weighted by Crippen LogP contribution is 2.34. The third-order valence-electron chi connectivity index (χ3n) is 6.80. The predicted molar refractivity (Wildman–Crippen MR) is 132 cm³/mol. The number of rotatable bonds is 5. The van der Waals surface area contributed by atoms with Crippen molar-refractivity contribution in [2.75, 3.05) is 38.2 Å². The van der Waals surface area contributed by atoms with Crippen LogP contribution in [-0.4, -0.2) is 47.6 Å². The van der Waals surface area contributed by atoms with E-state index in [1.165, 1.54) is 16.9 Å². The number of pyridine rings is 1. The van der Waals surface area contributed by atoms with E-state index < -0.39 is 0 Å². The normalized spacial score (nSPS) is 14.7. The summed E-state index contributed by atoms with van der Waals surface area (Å²) >= 11 is 0. The van der Waals surface area contributed by atoms with Crippen molar-refractivity contribution in [1.82, 2.24) is 14.3 Å². The molecular weight excluding hydrogens is 410 g/mol. The number of benzene rings is 2. The van der Waals surface area contributed by atoms with E-state index in [-0.39, 0.29) is 0 Å². The molecule has 168 valence electrons. The molecule has 0 bridgehead atoms. The minimum Gasteiger partial charge on any atom is -0.497 e. The van der Waals surface area contributed by atoms with E-state index >= 15 is 0 Å². The van der Waals surface area contributed by atoms with Crippen molar-refractivity contribution in [2.45, 2.75) is 26.8 Å². The lowest BCUT2D eigenvalue weighted by atomic mass is 10.0. The number of methoxy groups -OCH3 is 1. The summed E-state index contributed by atoms with van der Waals surface area (Å²) in [4.78, 5) is 9.84. The molecule has 5 rings (SSSR count). The molecule has 1 aliphatic rings. The van der Waals surface area contributed by atoms with Crippen molar-refractivity contribution < 1.29 is 4.74 Å². The van der Waals surface area contributed by atoms with Crippen molar-refractivity contribution in [1.29, 1.82) is 5.26 Å². The van der Waals surface area contributed by atoms with Crippen LogP contribution in [0.15, 0.2) is 48.5 Å². The number of anilines is 1. The van der Waals surface area contributed by atoms with Gasteiger partial charge in [-0.3, -0.25) is 9.30 Å². The van der Waals surface area contributed by atoms with Crippen molar-refractivity contribution in [2.24, 2.45) is 0 Å². The zero-order valence-electron chi connectivity index (χ0n) is 19.5. The molecule has 3 heterocycles. The van der Waals surface area contributed by atoms with Gasteiger partial charge in [0.15, 0.2) is 5.65 Å². The lowest BCUT2D eigenvalue weighted by molar-refractivity contribution is 0.249. The van der Waals surface area contributed by atoms with Crippen LogP contribution in [-0.2, 0) is 13.0 Å². The number of para-hydroxylation sites is 2. The number of hydrogen-bond acceptors (Lipinski definition) is 5. The number of nitrogens with zero attached hydrogens (tertiary/aromatic N) is 5. The molecule has 6 nitrogen and oxygen atoms in total. The minimum absolute atomic E-state index is 0.685. The standard InChI is InChI=1S/C27H29N5O/c1-4-22-19(2)23(17-28)26-29-24-7-5-6-8-25(24)32(26)27(22)31-15-13-30(14-16-31)18-20-9-11-21(33-3)12-10-20/h5-12H,4,13-16,18H2,1-3H3. The highest BCUT2D eigenvalue weighted by Gasteiger charge is 2.26. The molecule has 0 unspecified atom stereocenters. The Labute approximate surface area is 194 Å². The van der Waals surface area contributed by atoms with Crippen LogP contribution < -0.4 is 9.64 Å². The van der Waals surface area contributed by atoms with Gasteiger partial charge < -0.3 is 9.64 Å².